The predicted molar refractivity (Wildman–Crippen MR) is 55.7 cm³/mol. The molecule has 0 unspecified atom stereocenters. The standard InChI is InChI=1S/C8H13N5O2/c9-12-6-5-7(11-8(14)10-6)13-1-3-15-4-2-13/h5H,1-4,9H2,(H2,10,11,12,14). The quantitative estimate of drug-likeness (QED) is 0.424. The monoisotopic (exact) mass is 211 g/mol. The Hall–Kier alpha value is -1.60. The number of hydrogen-bond acceptors (Lipinski definition) is 6. The van der Waals surface area contributed by atoms with Gasteiger partial charge in [0.2, 0.25) is 0 Å². The van der Waals surface area contributed by atoms with Gasteiger partial charge in [0.15, 0.2) is 0 Å². The summed E-state index contributed by atoms with van der Waals surface area (Å²) in [6, 6.07) is 1.70. The zero-order valence-electron chi connectivity index (χ0n) is 8.19. The van der Waals surface area contributed by atoms with Gasteiger partial charge in [0.05, 0.1) is 13.2 Å². The number of nitrogens with two attached hydrogens (primary N) is 1. The molecule has 0 saturated carbocycles. The summed E-state index contributed by atoms with van der Waals surface area (Å²) in [5.41, 5.74) is 1.98. The van der Waals surface area contributed by atoms with Crippen LogP contribution in [0.5, 0.6) is 0 Å². The second-order valence-electron chi connectivity index (χ2n) is 3.20. The van der Waals surface area contributed by atoms with E-state index in [9.17, 15) is 4.79 Å². The van der Waals surface area contributed by atoms with Gasteiger partial charge in [0.1, 0.15) is 11.6 Å². The second-order valence-corrected chi connectivity index (χ2v) is 3.20. The molecule has 1 aromatic rings. The number of morpholine rings is 1. The number of ether oxygens (including phenoxy) is 1. The summed E-state index contributed by atoms with van der Waals surface area (Å²) in [6.45, 7) is 2.78. The molecular formula is C8H13N5O2. The van der Waals surface area contributed by atoms with Crippen LogP contribution in [-0.4, -0.2) is 36.3 Å². The molecule has 1 saturated heterocycles. The number of hydrazine groups is 1. The third-order valence-corrected chi connectivity index (χ3v) is 2.22. The van der Waals surface area contributed by atoms with Crippen LogP contribution in [0.3, 0.4) is 0 Å². The Bertz CT molecular complexity index is 385. The summed E-state index contributed by atoms with van der Waals surface area (Å²) in [5.74, 6) is 6.30. The van der Waals surface area contributed by atoms with Crippen molar-refractivity contribution in [1.29, 1.82) is 0 Å². The van der Waals surface area contributed by atoms with E-state index in [1.165, 1.54) is 0 Å². The van der Waals surface area contributed by atoms with Gasteiger partial charge in [-0.1, -0.05) is 0 Å². The first-order valence-electron chi connectivity index (χ1n) is 4.70. The highest BCUT2D eigenvalue weighted by molar-refractivity contribution is 5.47. The highest BCUT2D eigenvalue weighted by Gasteiger charge is 2.13. The highest BCUT2D eigenvalue weighted by Crippen LogP contribution is 2.12. The topological polar surface area (TPSA) is 96.3 Å². The number of H-pyrrole nitrogens is 1. The maximum atomic E-state index is 11.2. The van der Waals surface area contributed by atoms with Crippen LogP contribution in [0, 0.1) is 0 Å². The number of nitrogen functional groups attached to an aromatic ring is 1. The fourth-order valence-electron chi connectivity index (χ4n) is 1.48. The molecule has 2 rings (SSSR count). The predicted octanol–water partition coefficient (Wildman–Crippen LogP) is -1.11. The number of aromatic nitrogens is 2. The maximum absolute atomic E-state index is 11.2. The van der Waals surface area contributed by atoms with Gasteiger partial charge in [-0.05, 0) is 0 Å². The largest absolute Gasteiger partial charge is 0.378 e. The van der Waals surface area contributed by atoms with E-state index < -0.39 is 5.69 Å². The van der Waals surface area contributed by atoms with Crippen LogP contribution in [0.1, 0.15) is 0 Å². The lowest BCUT2D eigenvalue weighted by atomic mass is 10.4. The molecule has 1 aliphatic rings. The van der Waals surface area contributed by atoms with Crippen molar-refractivity contribution < 1.29 is 4.74 Å². The zero-order valence-corrected chi connectivity index (χ0v) is 8.19. The average molecular weight is 211 g/mol. The van der Waals surface area contributed by atoms with E-state index in [1.807, 2.05) is 4.90 Å². The molecule has 0 amide bonds. The van der Waals surface area contributed by atoms with Crippen LogP contribution in [0.15, 0.2) is 10.9 Å². The fraction of sp³-hybridized carbons (Fsp3) is 0.500. The molecule has 1 fully saturated rings. The van der Waals surface area contributed by atoms with Crippen molar-refractivity contribution in [2.24, 2.45) is 5.84 Å². The highest BCUT2D eigenvalue weighted by atomic mass is 16.5. The summed E-state index contributed by atoms with van der Waals surface area (Å²) in [4.78, 5) is 19.5. The van der Waals surface area contributed by atoms with Gasteiger partial charge < -0.3 is 15.1 Å². The van der Waals surface area contributed by atoms with E-state index in [2.05, 4.69) is 15.4 Å². The van der Waals surface area contributed by atoms with E-state index in [1.54, 1.807) is 6.07 Å². The smallest absolute Gasteiger partial charge is 0.348 e. The number of aromatic amines is 1. The van der Waals surface area contributed by atoms with Gasteiger partial charge in [0, 0.05) is 19.2 Å². The molecule has 0 radical (unpaired) electrons. The van der Waals surface area contributed by atoms with Gasteiger partial charge in [-0.25, -0.2) is 10.6 Å². The van der Waals surface area contributed by atoms with Crippen LogP contribution >= 0.6 is 0 Å². The minimum atomic E-state index is -0.410. The maximum Gasteiger partial charge on any atom is 0.348 e. The molecule has 0 spiro atoms. The van der Waals surface area contributed by atoms with Gasteiger partial charge in [-0.2, -0.15) is 4.98 Å². The average Bonchev–Trinajstić information content (AvgIpc) is 2.29. The summed E-state index contributed by atoms with van der Waals surface area (Å²) < 4.78 is 5.21. The van der Waals surface area contributed by atoms with Crippen LogP contribution < -0.4 is 21.9 Å². The lowest BCUT2D eigenvalue weighted by Crippen LogP contribution is -2.38. The van der Waals surface area contributed by atoms with Crippen molar-refractivity contribution in [1.82, 2.24) is 9.97 Å². The van der Waals surface area contributed by atoms with Gasteiger partial charge in [-0.3, -0.25) is 4.98 Å². The number of anilines is 2. The minimum Gasteiger partial charge on any atom is -0.378 e. The first-order valence-corrected chi connectivity index (χ1v) is 4.70. The van der Waals surface area contributed by atoms with E-state index in [0.29, 0.717) is 24.8 Å². The van der Waals surface area contributed by atoms with Crippen LogP contribution in [0.25, 0.3) is 0 Å². The van der Waals surface area contributed by atoms with Crippen molar-refractivity contribution in [2.75, 3.05) is 36.6 Å². The molecular weight excluding hydrogens is 198 g/mol. The Morgan fingerprint density at radius 1 is 1.53 bits per heavy atom. The van der Waals surface area contributed by atoms with Gasteiger partial charge in [-0.15, -0.1) is 0 Å². The Balaban J connectivity index is 2.26. The molecule has 0 aliphatic carbocycles. The summed E-state index contributed by atoms with van der Waals surface area (Å²) in [6.07, 6.45) is 0. The fourth-order valence-corrected chi connectivity index (χ4v) is 1.48. The van der Waals surface area contributed by atoms with Gasteiger partial charge >= 0.3 is 5.69 Å². The summed E-state index contributed by atoms with van der Waals surface area (Å²) >= 11 is 0. The van der Waals surface area contributed by atoms with E-state index in [-0.39, 0.29) is 0 Å². The van der Waals surface area contributed by atoms with Crippen molar-refractivity contribution in [3.05, 3.63) is 16.6 Å². The van der Waals surface area contributed by atoms with E-state index in [4.69, 9.17) is 10.6 Å². The number of hydrogen-bond donors (Lipinski definition) is 3. The zero-order chi connectivity index (χ0) is 10.7. The minimum absolute atomic E-state index is 0.410. The SMILES string of the molecule is NNc1cc(N2CCOCC2)nc(=O)[nH]1. The molecule has 1 aromatic heterocycles. The van der Waals surface area contributed by atoms with Crippen molar-refractivity contribution in [2.45, 2.75) is 0 Å². The van der Waals surface area contributed by atoms with Crippen LogP contribution in [-0.2, 0) is 4.74 Å². The first-order chi connectivity index (χ1) is 7.29. The van der Waals surface area contributed by atoms with Crippen LogP contribution in [0.4, 0.5) is 11.6 Å². The second kappa shape index (κ2) is 4.28. The normalized spacial score (nSPS) is 16.5. The third-order valence-electron chi connectivity index (χ3n) is 2.22. The molecule has 0 bridgehead atoms. The Morgan fingerprint density at radius 2 is 2.27 bits per heavy atom. The molecule has 82 valence electrons. The Labute approximate surface area is 86.2 Å². The molecule has 0 aromatic carbocycles. The van der Waals surface area contributed by atoms with E-state index >= 15 is 0 Å². The number of nitrogens with one attached hydrogen (secondary N) is 2. The molecule has 2 heterocycles. The molecule has 7 heteroatoms. The summed E-state index contributed by atoms with van der Waals surface area (Å²) in [7, 11) is 0. The molecule has 1 aliphatic heterocycles. The molecule has 7 nitrogen and oxygen atoms in total. The first kappa shape index (κ1) is 9.94. The Morgan fingerprint density at radius 3 is 2.93 bits per heavy atom. The number of nitrogens with zero attached hydrogens (tertiary/aromatic N) is 2. The Kier molecular flexibility index (Phi) is 2.84. The van der Waals surface area contributed by atoms with Crippen molar-refractivity contribution >= 4 is 11.6 Å². The van der Waals surface area contributed by atoms with Crippen molar-refractivity contribution in [3.63, 3.8) is 0 Å². The third kappa shape index (κ3) is 2.25. The molecule has 4 N–H and O–H groups in total. The lowest BCUT2D eigenvalue weighted by Gasteiger charge is -2.27. The van der Waals surface area contributed by atoms with Gasteiger partial charge in [0.25, 0.3) is 0 Å². The van der Waals surface area contributed by atoms with E-state index in [0.717, 1.165) is 13.1 Å². The summed E-state index contributed by atoms with van der Waals surface area (Å²) in [5, 5.41) is 0. The molecule has 15 heavy (non-hydrogen) atoms. The van der Waals surface area contributed by atoms with Crippen LogP contribution in [0.2, 0.25) is 0 Å². The molecule has 0 atom stereocenters. The van der Waals surface area contributed by atoms with Crippen molar-refractivity contribution in [3.8, 4) is 0 Å². The lowest BCUT2D eigenvalue weighted by molar-refractivity contribution is 0.122. The number of rotatable bonds is 2.